The van der Waals surface area contributed by atoms with Gasteiger partial charge in [-0.25, -0.2) is 0 Å². The predicted molar refractivity (Wildman–Crippen MR) is 162 cm³/mol. The smallest absolute Gasteiger partial charge is 0.229 e. The third kappa shape index (κ3) is 9.13. The molecule has 0 aromatic heterocycles. The van der Waals surface area contributed by atoms with Crippen LogP contribution in [0.15, 0.2) is 59.7 Å². The minimum atomic E-state index is -0.335. The lowest BCUT2D eigenvalue weighted by Gasteiger charge is -2.20. The van der Waals surface area contributed by atoms with Gasteiger partial charge in [-0.2, -0.15) is 10.5 Å². The van der Waals surface area contributed by atoms with Gasteiger partial charge in [-0.15, -0.1) is 0 Å². The van der Waals surface area contributed by atoms with Gasteiger partial charge in [0.25, 0.3) is 0 Å². The Balaban J connectivity index is 1.91. The Morgan fingerprint density at radius 3 is 1.24 bits per heavy atom. The second-order valence-corrected chi connectivity index (χ2v) is 10.3. The summed E-state index contributed by atoms with van der Waals surface area (Å²) < 4.78 is 0. The normalized spacial score (nSPS) is 11.4. The molecule has 0 heterocycles. The fourth-order valence-corrected chi connectivity index (χ4v) is 5.33. The molecule has 2 aromatic rings. The van der Waals surface area contributed by atoms with E-state index in [4.69, 9.17) is 0 Å². The quantitative estimate of drug-likeness (QED) is 0.162. The molecule has 6 nitrogen and oxygen atoms in total. The molecule has 0 unspecified atom stereocenters. The number of carbonyl (C=O) groups excluding carboxylic acids is 2. The van der Waals surface area contributed by atoms with Crippen molar-refractivity contribution in [3.63, 3.8) is 0 Å². The number of carbonyl (C=O) groups is 2. The van der Waals surface area contributed by atoms with Gasteiger partial charge in [-0.05, 0) is 75.2 Å². The lowest BCUT2D eigenvalue weighted by molar-refractivity contribution is -0.108. The molecule has 0 saturated heterocycles. The molecule has 38 heavy (non-hydrogen) atoms. The second kappa shape index (κ2) is 16.4. The molecule has 0 bridgehead atoms. The molecule has 0 amide bonds. The minimum absolute atomic E-state index is 0.0627. The van der Waals surface area contributed by atoms with Crippen molar-refractivity contribution in [2.45, 2.75) is 27.7 Å². The molecule has 2 rings (SSSR count). The van der Waals surface area contributed by atoms with Gasteiger partial charge in [-0.1, -0.05) is 47.8 Å². The van der Waals surface area contributed by atoms with Crippen LogP contribution in [0.25, 0.3) is 12.2 Å². The van der Waals surface area contributed by atoms with E-state index in [1.807, 2.05) is 60.7 Å². The van der Waals surface area contributed by atoms with E-state index in [1.54, 1.807) is 12.2 Å². The summed E-state index contributed by atoms with van der Waals surface area (Å²) in [6.07, 6.45) is 3.17. The SMILES string of the molecule is CCN(CC)c1ccc(/C=C(\C#N)C(=O)SCCSC(=O)/C(C#N)=C/c2ccc(N(CC)CC)cc2)cc1. The molecular weight excluding hydrogens is 512 g/mol. The molecule has 8 heteroatoms. The van der Waals surface area contributed by atoms with Gasteiger partial charge in [0.05, 0.1) is 0 Å². The van der Waals surface area contributed by atoms with Gasteiger partial charge < -0.3 is 9.80 Å². The van der Waals surface area contributed by atoms with E-state index in [9.17, 15) is 20.1 Å². The van der Waals surface area contributed by atoms with Crippen LogP contribution >= 0.6 is 23.5 Å². The van der Waals surface area contributed by atoms with Crippen LogP contribution in [-0.4, -0.2) is 47.9 Å². The Kier molecular flexibility index (Phi) is 13.3. The first-order valence-electron chi connectivity index (χ1n) is 12.7. The number of rotatable bonds is 13. The van der Waals surface area contributed by atoms with Gasteiger partial charge >= 0.3 is 0 Å². The Hall–Kier alpha value is -3.46. The summed E-state index contributed by atoms with van der Waals surface area (Å²) in [5.74, 6) is 0.707. The van der Waals surface area contributed by atoms with E-state index in [2.05, 4.69) is 37.5 Å². The molecule has 0 N–H and O–H groups in total. The van der Waals surface area contributed by atoms with Gasteiger partial charge in [0.15, 0.2) is 0 Å². The first-order valence-corrected chi connectivity index (χ1v) is 14.7. The summed E-state index contributed by atoms with van der Waals surface area (Å²) >= 11 is 2.00. The summed E-state index contributed by atoms with van der Waals surface area (Å²) in [5, 5.41) is 18.3. The Morgan fingerprint density at radius 2 is 0.974 bits per heavy atom. The lowest BCUT2D eigenvalue weighted by atomic mass is 10.1. The van der Waals surface area contributed by atoms with Crippen molar-refractivity contribution in [3.8, 4) is 12.1 Å². The molecule has 0 atom stereocenters. The molecule has 198 valence electrons. The van der Waals surface area contributed by atoms with Crippen molar-refractivity contribution in [2.75, 3.05) is 47.5 Å². The zero-order chi connectivity index (χ0) is 27.9. The van der Waals surface area contributed by atoms with Gasteiger partial charge in [0.2, 0.25) is 10.2 Å². The highest BCUT2D eigenvalue weighted by molar-refractivity contribution is 8.17. The molecular formula is C30H34N4O2S2. The van der Waals surface area contributed by atoms with Gasteiger partial charge in [-0.3, -0.25) is 9.59 Å². The van der Waals surface area contributed by atoms with E-state index in [0.29, 0.717) is 11.5 Å². The number of anilines is 2. The lowest BCUT2D eigenvalue weighted by Crippen LogP contribution is -2.21. The van der Waals surface area contributed by atoms with E-state index in [1.165, 1.54) is 0 Å². The largest absolute Gasteiger partial charge is 0.372 e. The monoisotopic (exact) mass is 546 g/mol. The number of benzene rings is 2. The predicted octanol–water partition coefficient (Wildman–Crippen LogP) is 6.41. The van der Waals surface area contributed by atoms with Crippen LogP contribution in [0, 0.1) is 22.7 Å². The van der Waals surface area contributed by atoms with Crippen LogP contribution < -0.4 is 9.80 Å². The van der Waals surface area contributed by atoms with E-state index < -0.39 is 0 Å². The molecule has 0 aliphatic rings. The van der Waals surface area contributed by atoms with Gasteiger partial charge in [0, 0.05) is 49.1 Å². The van der Waals surface area contributed by atoms with Crippen LogP contribution in [0.2, 0.25) is 0 Å². The standard InChI is InChI=1S/C30H34N4O2S2/c1-5-33(6-2)27-13-9-23(10-14-27)19-25(21-31)29(35)37-17-18-38-30(36)26(22-32)20-24-11-15-28(16-12-24)34(7-3)8-4/h9-16,19-20H,5-8,17-18H2,1-4H3/b25-19+,26-20+. The summed E-state index contributed by atoms with van der Waals surface area (Å²) in [5.41, 5.74) is 3.88. The Morgan fingerprint density at radius 1 is 0.658 bits per heavy atom. The molecule has 0 aliphatic carbocycles. The van der Waals surface area contributed by atoms with Crippen molar-refractivity contribution in [3.05, 3.63) is 70.8 Å². The number of thioether (sulfide) groups is 2. The van der Waals surface area contributed by atoms with Crippen molar-refractivity contribution in [1.82, 2.24) is 0 Å². The van der Waals surface area contributed by atoms with E-state index >= 15 is 0 Å². The van der Waals surface area contributed by atoms with Crippen molar-refractivity contribution >= 4 is 57.3 Å². The van der Waals surface area contributed by atoms with Crippen LogP contribution in [-0.2, 0) is 9.59 Å². The maximum Gasteiger partial charge on any atom is 0.229 e. The fourth-order valence-electron chi connectivity index (χ4n) is 3.77. The average Bonchev–Trinajstić information content (AvgIpc) is 2.95. The molecule has 0 aliphatic heterocycles. The zero-order valence-corrected chi connectivity index (χ0v) is 24.1. The minimum Gasteiger partial charge on any atom is -0.372 e. The van der Waals surface area contributed by atoms with Crippen molar-refractivity contribution in [1.29, 1.82) is 10.5 Å². The van der Waals surface area contributed by atoms with Crippen LogP contribution in [0.1, 0.15) is 38.8 Å². The third-order valence-electron chi connectivity index (χ3n) is 5.90. The summed E-state index contributed by atoms with van der Waals surface area (Å²) in [6.45, 7) is 12.0. The molecule has 2 aromatic carbocycles. The average molecular weight is 547 g/mol. The molecule has 0 saturated carbocycles. The second-order valence-electron chi connectivity index (χ2n) is 8.14. The van der Waals surface area contributed by atoms with Crippen molar-refractivity contribution in [2.24, 2.45) is 0 Å². The highest BCUT2D eigenvalue weighted by atomic mass is 32.2. The highest BCUT2D eigenvalue weighted by Crippen LogP contribution is 2.22. The van der Waals surface area contributed by atoms with Crippen LogP contribution in [0.4, 0.5) is 11.4 Å². The summed E-state index contributed by atoms with van der Waals surface area (Å²) in [4.78, 5) is 29.5. The zero-order valence-electron chi connectivity index (χ0n) is 22.4. The number of nitrogens with zero attached hydrogens (tertiary/aromatic N) is 4. The van der Waals surface area contributed by atoms with E-state index in [0.717, 1.165) is 72.2 Å². The third-order valence-corrected chi connectivity index (χ3v) is 7.93. The van der Waals surface area contributed by atoms with Gasteiger partial charge in [0.1, 0.15) is 23.3 Å². The molecule has 0 fully saturated rings. The van der Waals surface area contributed by atoms with Crippen molar-refractivity contribution < 1.29 is 9.59 Å². The topological polar surface area (TPSA) is 88.2 Å². The number of hydrogen-bond donors (Lipinski definition) is 0. The maximum atomic E-state index is 12.5. The summed E-state index contributed by atoms with van der Waals surface area (Å²) in [6, 6.07) is 19.5. The Labute approximate surface area is 235 Å². The summed E-state index contributed by atoms with van der Waals surface area (Å²) in [7, 11) is 0. The maximum absolute atomic E-state index is 12.5. The number of hydrogen-bond acceptors (Lipinski definition) is 8. The highest BCUT2D eigenvalue weighted by Gasteiger charge is 2.13. The fraction of sp³-hybridized carbons (Fsp3) is 0.333. The molecule has 0 radical (unpaired) electrons. The van der Waals surface area contributed by atoms with E-state index in [-0.39, 0.29) is 21.4 Å². The first-order chi connectivity index (χ1) is 18.4. The van der Waals surface area contributed by atoms with Crippen LogP contribution in [0.5, 0.6) is 0 Å². The first kappa shape index (κ1) is 30.8. The Bertz CT molecular complexity index is 1120. The number of nitriles is 2. The molecule has 0 spiro atoms. The van der Waals surface area contributed by atoms with Crippen LogP contribution in [0.3, 0.4) is 0 Å².